The number of hydrogen-bond acceptors (Lipinski definition) is 3. The van der Waals surface area contributed by atoms with Gasteiger partial charge in [0, 0.05) is 5.56 Å². The van der Waals surface area contributed by atoms with Crippen molar-refractivity contribution in [1.29, 1.82) is 0 Å². The van der Waals surface area contributed by atoms with E-state index < -0.39 is 0 Å². The molecule has 0 radical (unpaired) electrons. The standard InChI is InChI=1S/C15H22N2O2/c16-15(17-18)14-10-6-5-7-12(14)11-19-13-8-3-1-2-4-9-13/h5-7,10,13,18H,1-4,8-9,11H2,(H2,16,17). The van der Waals surface area contributed by atoms with Crippen molar-refractivity contribution in [2.75, 3.05) is 0 Å². The Morgan fingerprint density at radius 1 is 1.21 bits per heavy atom. The molecule has 1 saturated carbocycles. The molecule has 0 amide bonds. The van der Waals surface area contributed by atoms with E-state index in [1.165, 1.54) is 25.7 Å². The highest BCUT2D eigenvalue weighted by atomic mass is 16.5. The van der Waals surface area contributed by atoms with Gasteiger partial charge in [0.1, 0.15) is 0 Å². The van der Waals surface area contributed by atoms with E-state index in [4.69, 9.17) is 15.7 Å². The number of hydrogen-bond donors (Lipinski definition) is 2. The highest BCUT2D eigenvalue weighted by Crippen LogP contribution is 2.21. The van der Waals surface area contributed by atoms with Crippen molar-refractivity contribution < 1.29 is 9.94 Å². The summed E-state index contributed by atoms with van der Waals surface area (Å²) in [6, 6.07) is 7.63. The summed E-state index contributed by atoms with van der Waals surface area (Å²) in [5.41, 5.74) is 7.40. The van der Waals surface area contributed by atoms with Crippen LogP contribution in [0.4, 0.5) is 0 Å². The molecule has 4 nitrogen and oxygen atoms in total. The van der Waals surface area contributed by atoms with Crippen molar-refractivity contribution in [2.45, 2.75) is 51.2 Å². The normalized spacial score (nSPS) is 18.2. The van der Waals surface area contributed by atoms with Gasteiger partial charge < -0.3 is 15.7 Å². The van der Waals surface area contributed by atoms with E-state index in [1.807, 2.05) is 24.3 Å². The SMILES string of the molecule is N/C(=N/O)c1ccccc1COC1CCCCCC1. The third-order valence-corrected chi connectivity index (χ3v) is 3.68. The molecule has 1 aliphatic carbocycles. The van der Waals surface area contributed by atoms with Gasteiger partial charge in [-0.2, -0.15) is 0 Å². The minimum atomic E-state index is 0.139. The molecule has 104 valence electrons. The smallest absolute Gasteiger partial charge is 0.170 e. The van der Waals surface area contributed by atoms with Crippen LogP contribution in [-0.2, 0) is 11.3 Å². The molecule has 4 heteroatoms. The van der Waals surface area contributed by atoms with E-state index in [0.29, 0.717) is 12.7 Å². The maximum atomic E-state index is 8.79. The van der Waals surface area contributed by atoms with Gasteiger partial charge in [0.25, 0.3) is 0 Å². The number of oxime groups is 1. The van der Waals surface area contributed by atoms with Crippen LogP contribution in [0.25, 0.3) is 0 Å². The second-order valence-corrected chi connectivity index (χ2v) is 5.07. The summed E-state index contributed by atoms with van der Waals surface area (Å²) in [7, 11) is 0. The maximum absolute atomic E-state index is 8.79. The van der Waals surface area contributed by atoms with Crippen LogP contribution < -0.4 is 5.73 Å². The molecule has 1 fully saturated rings. The van der Waals surface area contributed by atoms with Gasteiger partial charge in [0.2, 0.25) is 0 Å². The Bertz CT molecular complexity index is 424. The number of ether oxygens (including phenoxy) is 1. The van der Waals surface area contributed by atoms with E-state index in [0.717, 1.165) is 24.0 Å². The van der Waals surface area contributed by atoms with Crippen molar-refractivity contribution in [3.8, 4) is 0 Å². The molecule has 0 aromatic heterocycles. The van der Waals surface area contributed by atoms with Crippen LogP contribution in [0.15, 0.2) is 29.4 Å². The Balaban J connectivity index is 1.98. The van der Waals surface area contributed by atoms with Gasteiger partial charge >= 0.3 is 0 Å². The Labute approximate surface area is 114 Å². The summed E-state index contributed by atoms with van der Waals surface area (Å²) < 4.78 is 5.99. The van der Waals surface area contributed by atoms with Crippen LogP contribution in [0.2, 0.25) is 0 Å². The molecule has 0 unspecified atom stereocenters. The highest BCUT2D eigenvalue weighted by molar-refractivity contribution is 5.98. The second kappa shape index (κ2) is 7.14. The lowest BCUT2D eigenvalue weighted by molar-refractivity contribution is 0.0309. The van der Waals surface area contributed by atoms with Crippen molar-refractivity contribution >= 4 is 5.84 Å². The van der Waals surface area contributed by atoms with Crippen LogP contribution >= 0.6 is 0 Å². The lowest BCUT2D eigenvalue weighted by Crippen LogP contribution is -2.17. The first kappa shape index (κ1) is 13.9. The van der Waals surface area contributed by atoms with Crippen LogP contribution in [0.5, 0.6) is 0 Å². The van der Waals surface area contributed by atoms with E-state index in [1.54, 1.807) is 0 Å². The zero-order chi connectivity index (χ0) is 13.5. The fourth-order valence-corrected chi connectivity index (χ4v) is 2.57. The van der Waals surface area contributed by atoms with Crippen LogP contribution in [0.1, 0.15) is 49.7 Å². The number of nitrogens with two attached hydrogens (primary N) is 1. The summed E-state index contributed by atoms with van der Waals surface area (Å²) in [4.78, 5) is 0. The van der Waals surface area contributed by atoms with Crippen molar-refractivity contribution in [2.24, 2.45) is 10.9 Å². The van der Waals surface area contributed by atoms with Crippen LogP contribution in [-0.4, -0.2) is 17.1 Å². The Morgan fingerprint density at radius 3 is 2.58 bits per heavy atom. The lowest BCUT2D eigenvalue weighted by Gasteiger charge is -2.16. The van der Waals surface area contributed by atoms with E-state index >= 15 is 0 Å². The monoisotopic (exact) mass is 262 g/mol. The third kappa shape index (κ3) is 3.96. The Morgan fingerprint density at radius 2 is 1.89 bits per heavy atom. The van der Waals surface area contributed by atoms with Gasteiger partial charge in [-0.1, -0.05) is 55.1 Å². The molecule has 0 saturated heterocycles. The molecular weight excluding hydrogens is 240 g/mol. The summed E-state index contributed by atoms with van der Waals surface area (Å²) in [6.07, 6.45) is 7.79. The summed E-state index contributed by atoms with van der Waals surface area (Å²) in [5.74, 6) is 0.139. The topological polar surface area (TPSA) is 67.8 Å². The van der Waals surface area contributed by atoms with Gasteiger partial charge in [0.15, 0.2) is 5.84 Å². The fourth-order valence-electron chi connectivity index (χ4n) is 2.57. The Hall–Kier alpha value is -1.55. The number of rotatable bonds is 4. The molecule has 0 aliphatic heterocycles. The minimum absolute atomic E-state index is 0.139. The van der Waals surface area contributed by atoms with Crippen molar-refractivity contribution in [3.63, 3.8) is 0 Å². The van der Waals surface area contributed by atoms with Gasteiger partial charge in [0.05, 0.1) is 12.7 Å². The van der Waals surface area contributed by atoms with Gasteiger partial charge in [-0.05, 0) is 18.4 Å². The zero-order valence-electron chi connectivity index (χ0n) is 11.2. The summed E-state index contributed by atoms with van der Waals surface area (Å²) in [5, 5.41) is 11.9. The summed E-state index contributed by atoms with van der Waals surface area (Å²) in [6.45, 7) is 0.525. The van der Waals surface area contributed by atoms with Gasteiger partial charge in [-0.25, -0.2) is 0 Å². The molecule has 3 N–H and O–H groups in total. The fraction of sp³-hybridized carbons (Fsp3) is 0.533. The second-order valence-electron chi connectivity index (χ2n) is 5.07. The zero-order valence-corrected chi connectivity index (χ0v) is 11.2. The predicted octanol–water partition coefficient (Wildman–Crippen LogP) is 3.02. The first-order chi connectivity index (χ1) is 9.31. The first-order valence-corrected chi connectivity index (χ1v) is 6.98. The van der Waals surface area contributed by atoms with Gasteiger partial charge in [-0.3, -0.25) is 0 Å². The van der Waals surface area contributed by atoms with Gasteiger partial charge in [-0.15, -0.1) is 0 Å². The lowest BCUT2D eigenvalue weighted by atomic mass is 10.1. The molecular formula is C15H22N2O2. The molecule has 1 aliphatic rings. The van der Waals surface area contributed by atoms with E-state index in [-0.39, 0.29) is 5.84 Å². The minimum Gasteiger partial charge on any atom is -0.409 e. The maximum Gasteiger partial charge on any atom is 0.170 e. The average molecular weight is 262 g/mol. The quantitative estimate of drug-likeness (QED) is 0.288. The van der Waals surface area contributed by atoms with Crippen LogP contribution in [0, 0.1) is 0 Å². The Kier molecular flexibility index (Phi) is 5.21. The average Bonchev–Trinajstić information content (AvgIpc) is 2.73. The van der Waals surface area contributed by atoms with E-state index in [9.17, 15) is 0 Å². The predicted molar refractivity (Wildman–Crippen MR) is 75.2 cm³/mol. The molecule has 0 spiro atoms. The molecule has 1 aromatic rings. The molecule has 0 atom stereocenters. The van der Waals surface area contributed by atoms with Crippen molar-refractivity contribution in [3.05, 3.63) is 35.4 Å². The molecule has 0 bridgehead atoms. The van der Waals surface area contributed by atoms with E-state index in [2.05, 4.69) is 5.16 Å². The number of benzene rings is 1. The third-order valence-electron chi connectivity index (χ3n) is 3.68. The first-order valence-electron chi connectivity index (χ1n) is 6.98. The largest absolute Gasteiger partial charge is 0.409 e. The molecule has 2 rings (SSSR count). The molecule has 1 aromatic carbocycles. The highest BCUT2D eigenvalue weighted by Gasteiger charge is 2.14. The molecule has 19 heavy (non-hydrogen) atoms. The number of nitrogens with zero attached hydrogens (tertiary/aromatic N) is 1. The number of amidine groups is 1. The molecule has 0 heterocycles. The van der Waals surface area contributed by atoms with Crippen LogP contribution in [0.3, 0.4) is 0 Å². The van der Waals surface area contributed by atoms with Crippen molar-refractivity contribution in [1.82, 2.24) is 0 Å². The summed E-state index contributed by atoms with van der Waals surface area (Å²) >= 11 is 0.